The Morgan fingerprint density at radius 1 is 1.48 bits per heavy atom. The number of thiocarbonyl (C=S) groups is 1. The summed E-state index contributed by atoms with van der Waals surface area (Å²) in [6.45, 7) is 6.55. The molecule has 4 nitrogen and oxygen atoms in total. The van der Waals surface area contributed by atoms with Crippen molar-refractivity contribution in [2.75, 3.05) is 24.7 Å². The van der Waals surface area contributed by atoms with Gasteiger partial charge in [0, 0.05) is 29.7 Å². The Morgan fingerprint density at radius 2 is 2.14 bits per heavy atom. The fraction of sp³-hybridized carbons (Fsp3) is 0.467. The van der Waals surface area contributed by atoms with Crippen LogP contribution in [0.1, 0.15) is 26.3 Å². The molecule has 0 aliphatic rings. The van der Waals surface area contributed by atoms with Crippen LogP contribution in [-0.2, 0) is 4.79 Å². The minimum Gasteiger partial charge on any atom is -0.389 e. The summed E-state index contributed by atoms with van der Waals surface area (Å²) < 4.78 is 0. The third-order valence-corrected chi connectivity index (χ3v) is 4.31. The molecule has 3 N–H and O–H groups in total. The van der Waals surface area contributed by atoms with Gasteiger partial charge in [0.15, 0.2) is 0 Å². The maximum absolute atomic E-state index is 12.2. The molecule has 0 fully saturated rings. The highest BCUT2D eigenvalue weighted by molar-refractivity contribution is 7.99. The molecular weight excluding hydrogens is 302 g/mol. The standard InChI is InChI=1S/C15H23N3OS2/c1-5-18(4)15(19)10(3)17-11-8-7-9-12(21-6-2)13(11)14(16)20/h7-10,17H,5-6H2,1-4H3,(H2,16,20). The Kier molecular flexibility index (Phi) is 6.98. The predicted molar refractivity (Wildman–Crippen MR) is 95.1 cm³/mol. The van der Waals surface area contributed by atoms with Crippen molar-refractivity contribution in [1.29, 1.82) is 0 Å². The number of nitrogens with one attached hydrogen (secondary N) is 1. The molecule has 1 aromatic carbocycles. The topological polar surface area (TPSA) is 58.4 Å². The molecule has 116 valence electrons. The van der Waals surface area contributed by atoms with Crippen molar-refractivity contribution < 1.29 is 4.79 Å². The Labute approximate surface area is 136 Å². The van der Waals surface area contributed by atoms with Crippen LogP contribution in [0.15, 0.2) is 23.1 Å². The second kappa shape index (κ2) is 8.24. The highest BCUT2D eigenvalue weighted by Gasteiger charge is 2.19. The molecule has 0 saturated carbocycles. The Hall–Kier alpha value is -1.27. The number of likely N-dealkylation sites (N-methyl/N-ethyl adjacent to an activating group) is 1. The summed E-state index contributed by atoms with van der Waals surface area (Å²) in [5, 5.41) is 3.23. The van der Waals surface area contributed by atoms with Gasteiger partial charge in [0.1, 0.15) is 11.0 Å². The zero-order valence-electron chi connectivity index (χ0n) is 13.0. The fourth-order valence-corrected chi connectivity index (χ4v) is 3.10. The summed E-state index contributed by atoms with van der Waals surface area (Å²) in [5.74, 6) is 0.978. The predicted octanol–water partition coefficient (Wildman–Crippen LogP) is 2.71. The van der Waals surface area contributed by atoms with Gasteiger partial charge in [0.05, 0.1) is 0 Å². The van der Waals surface area contributed by atoms with E-state index in [1.807, 2.05) is 32.0 Å². The highest BCUT2D eigenvalue weighted by Crippen LogP contribution is 2.29. The average molecular weight is 326 g/mol. The van der Waals surface area contributed by atoms with Crippen LogP contribution >= 0.6 is 24.0 Å². The molecule has 1 atom stereocenters. The van der Waals surface area contributed by atoms with Crippen molar-refractivity contribution in [3.63, 3.8) is 0 Å². The van der Waals surface area contributed by atoms with Crippen molar-refractivity contribution >= 4 is 40.6 Å². The van der Waals surface area contributed by atoms with Gasteiger partial charge in [0.25, 0.3) is 0 Å². The number of amides is 1. The quantitative estimate of drug-likeness (QED) is 0.596. The first-order valence-electron chi connectivity index (χ1n) is 6.99. The van der Waals surface area contributed by atoms with E-state index in [0.717, 1.165) is 21.9 Å². The number of anilines is 1. The molecule has 1 aromatic rings. The highest BCUT2D eigenvalue weighted by atomic mass is 32.2. The van der Waals surface area contributed by atoms with Gasteiger partial charge >= 0.3 is 0 Å². The van der Waals surface area contributed by atoms with Gasteiger partial charge in [-0.25, -0.2) is 0 Å². The molecule has 0 saturated heterocycles. The summed E-state index contributed by atoms with van der Waals surface area (Å²) in [4.78, 5) is 15.2. The maximum atomic E-state index is 12.2. The first-order valence-corrected chi connectivity index (χ1v) is 8.38. The van der Waals surface area contributed by atoms with E-state index in [1.54, 1.807) is 23.7 Å². The van der Waals surface area contributed by atoms with Crippen LogP contribution in [-0.4, -0.2) is 41.2 Å². The summed E-state index contributed by atoms with van der Waals surface area (Å²) in [7, 11) is 1.79. The summed E-state index contributed by atoms with van der Waals surface area (Å²) in [5.41, 5.74) is 7.50. The van der Waals surface area contributed by atoms with Crippen molar-refractivity contribution in [3.8, 4) is 0 Å². The van der Waals surface area contributed by atoms with Crippen LogP contribution in [0.3, 0.4) is 0 Å². The third-order valence-electron chi connectivity index (χ3n) is 3.17. The molecule has 0 aliphatic heterocycles. The van der Waals surface area contributed by atoms with E-state index < -0.39 is 0 Å². The first kappa shape index (κ1) is 17.8. The first-order chi connectivity index (χ1) is 9.92. The monoisotopic (exact) mass is 325 g/mol. The smallest absolute Gasteiger partial charge is 0.244 e. The largest absolute Gasteiger partial charge is 0.389 e. The van der Waals surface area contributed by atoms with Crippen LogP contribution < -0.4 is 11.1 Å². The molecule has 0 spiro atoms. The SMILES string of the molecule is CCSc1cccc(NC(C)C(=O)N(C)CC)c1C(N)=S. The molecule has 1 rings (SSSR count). The second-order valence-electron chi connectivity index (χ2n) is 4.69. The van der Waals surface area contributed by atoms with E-state index in [4.69, 9.17) is 18.0 Å². The molecule has 0 heterocycles. The number of nitrogens with two attached hydrogens (primary N) is 1. The van der Waals surface area contributed by atoms with Crippen molar-refractivity contribution in [2.24, 2.45) is 5.73 Å². The second-order valence-corrected chi connectivity index (χ2v) is 6.44. The van der Waals surface area contributed by atoms with Gasteiger partial charge in [-0.05, 0) is 31.7 Å². The molecule has 0 radical (unpaired) electrons. The number of thioether (sulfide) groups is 1. The van der Waals surface area contributed by atoms with Crippen LogP contribution in [0, 0.1) is 0 Å². The van der Waals surface area contributed by atoms with Gasteiger partial charge in [-0.15, -0.1) is 11.8 Å². The number of hydrogen-bond donors (Lipinski definition) is 2. The van der Waals surface area contributed by atoms with Crippen molar-refractivity contribution in [2.45, 2.75) is 31.7 Å². The fourth-order valence-electron chi connectivity index (χ4n) is 1.96. The van der Waals surface area contributed by atoms with Gasteiger partial charge in [-0.1, -0.05) is 25.2 Å². The van der Waals surface area contributed by atoms with E-state index in [2.05, 4.69) is 12.2 Å². The Balaban J connectivity index is 3.05. The van der Waals surface area contributed by atoms with Crippen LogP contribution in [0.4, 0.5) is 5.69 Å². The number of carbonyl (C=O) groups excluding carboxylic acids is 1. The molecule has 0 bridgehead atoms. The number of nitrogens with zero attached hydrogens (tertiary/aromatic N) is 1. The summed E-state index contributed by atoms with van der Waals surface area (Å²) in [6, 6.07) is 5.52. The lowest BCUT2D eigenvalue weighted by molar-refractivity contribution is -0.130. The lowest BCUT2D eigenvalue weighted by Crippen LogP contribution is -2.39. The third kappa shape index (κ3) is 4.61. The maximum Gasteiger partial charge on any atom is 0.244 e. The van der Waals surface area contributed by atoms with E-state index in [1.165, 1.54) is 0 Å². The zero-order chi connectivity index (χ0) is 16.0. The van der Waals surface area contributed by atoms with E-state index in [0.29, 0.717) is 11.5 Å². The van der Waals surface area contributed by atoms with Crippen LogP contribution in [0.5, 0.6) is 0 Å². The minimum absolute atomic E-state index is 0.0416. The molecule has 1 amide bonds. The van der Waals surface area contributed by atoms with Crippen molar-refractivity contribution in [1.82, 2.24) is 4.90 Å². The number of hydrogen-bond acceptors (Lipinski definition) is 4. The summed E-state index contributed by atoms with van der Waals surface area (Å²) in [6.07, 6.45) is 0. The van der Waals surface area contributed by atoms with Gasteiger partial charge in [-0.3, -0.25) is 4.79 Å². The molecule has 1 unspecified atom stereocenters. The zero-order valence-corrected chi connectivity index (χ0v) is 14.6. The molecule has 0 aromatic heterocycles. The van der Waals surface area contributed by atoms with Gasteiger partial charge < -0.3 is 16.0 Å². The summed E-state index contributed by atoms with van der Waals surface area (Å²) >= 11 is 6.86. The molecule has 21 heavy (non-hydrogen) atoms. The minimum atomic E-state index is -0.329. The molecular formula is C15H23N3OS2. The van der Waals surface area contributed by atoms with Gasteiger partial charge in [-0.2, -0.15) is 0 Å². The number of carbonyl (C=O) groups is 1. The lowest BCUT2D eigenvalue weighted by atomic mass is 10.1. The van der Waals surface area contributed by atoms with Gasteiger partial charge in [0.2, 0.25) is 5.91 Å². The normalized spacial score (nSPS) is 11.8. The Bertz CT molecular complexity index is 520. The van der Waals surface area contributed by atoms with E-state index >= 15 is 0 Å². The number of rotatable bonds is 7. The van der Waals surface area contributed by atoms with E-state index in [-0.39, 0.29) is 11.9 Å². The number of benzene rings is 1. The van der Waals surface area contributed by atoms with E-state index in [9.17, 15) is 4.79 Å². The van der Waals surface area contributed by atoms with Crippen molar-refractivity contribution in [3.05, 3.63) is 23.8 Å². The molecule has 0 aliphatic carbocycles. The molecule has 6 heteroatoms. The lowest BCUT2D eigenvalue weighted by Gasteiger charge is -2.23. The Morgan fingerprint density at radius 3 is 2.67 bits per heavy atom. The van der Waals surface area contributed by atoms with Crippen LogP contribution in [0.25, 0.3) is 0 Å². The van der Waals surface area contributed by atoms with Crippen LogP contribution in [0.2, 0.25) is 0 Å². The average Bonchev–Trinajstić information content (AvgIpc) is 2.45.